The molecule has 3 aromatic rings. The van der Waals surface area contributed by atoms with Gasteiger partial charge in [-0.05, 0) is 60.4 Å². The standard InChI is InChI=1S/C25H21Cl2N3O3/c26-19-11-9-18(10-12-19)23(17-7-8-17)30-33-15-16-5-13-20(14-6-16)28-25(32)29-24(31)21-3-1-2-4-22(21)27/h1-6,9-14,17H,7-8,15H2,(H2,28,29,31,32)/b30-23-. The zero-order chi connectivity index (χ0) is 23.2. The first-order valence-electron chi connectivity index (χ1n) is 10.4. The van der Waals surface area contributed by atoms with Gasteiger partial charge >= 0.3 is 6.03 Å². The molecule has 0 atom stereocenters. The van der Waals surface area contributed by atoms with Crippen molar-refractivity contribution in [1.29, 1.82) is 0 Å². The van der Waals surface area contributed by atoms with Gasteiger partial charge in [0.05, 0.1) is 16.3 Å². The summed E-state index contributed by atoms with van der Waals surface area (Å²) in [5.74, 6) is -0.155. The third-order valence-corrected chi connectivity index (χ3v) is 5.64. The summed E-state index contributed by atoms with van der Waals surface area (Å²) in [5.41, 5.74) is 3.60. The predicted octanol–water partition coefficient (Wildman–Crippen LogP) is 6.29. The van der Waals surface area contributed by atoms with Gasteiger partial charge in [0.15, 0.2) is 0 Å². The number of carbonyl (C=O) groups excluding carboxylic acids is 2. The summed E-state index contributed by atoms with van der Waals surface area (Å²) in [6.07, 6.45) is 2.21. The number of benzene rings is 3. The second kappa shape index (κ2) is 10.5. The normalized spacial score (nSPS) is 13.3. The summed E-state index contributed by atoms with van der Waals surface area (Å²) in [5, 5.41) is 10.2. The van der Waals surface area contributed by atoms with E-state index in [1.807, 2.05) is 36.4 Å². The summed E-state index contributed by atoms with van der Waals surface area (Å²) >= 11 is 12.0. The second-order valence-electron chi connectivity index (χ2n) is 7.62. The Bertz CT molecular complexity index is 1170. The lowest BCUT2D eigenvalue weighted by molar-refractivity contribution is 0.0967. The van der Waals surface area contributed by atoms with Crippen molar-refractivity contribution in [3.8, 4) is 0 Å². The van der Waals surface area contributed by atoms with Gasteiger partial charge < -0.3 is 10.2 Å². The molecular weight excluding hydrogens is 461 g/mol. The van der Waals surface area contributed by atoms with Crippen molar-refractivity contribution < 1.29 is 14.4 Å². The van der Waals surface area contributed by atoms with E-state index in [1.165, 1.54) is 0 Å². The first-order chi connectivity index (χ1) is 16.0. The fraction of sp³-hybridized carbons (Fsp3) is 0.160. The minimum atomic E-state index is -0.648. The van der Waals surface area contributed by atoms with Crippen molar-refractivity contribution >= 4 is 46.5 Å². The lowest BCUT2D eigenvalue weighted by atomic mass is 10.1. The highest BCUT2D eigenvalue weighted by Gasteiger charge is 2.29. The van der Waals surface area contributed by atoms with Crippen LogP contribution in [0.3, 0.4) is 0 Å². The van der Waals surface area contributed by atoms with E-state index in [-0.39, 0.29) is 10.6 Å². The Morgan fingerprint density at radius 1 is 0.939 bits per heavy atom. The van der Waals surface area contributed by atoms with E-state index >= 15 is 0 Å². The topological polar surface area (TPSA) is 79.8 Å². The molecule has 4 rings (SSSR count). The Hall–Kier alpha value is -3.35. The molecule has 0 aromatic heterocycles. The SMILES string of the molecule is O=C(NC(=O)c1ccccc1Cl)Nc1ccc(CO/N=C(\c2ccc(Cl)cc2)C2CC2)cc1. The van der Waals surface area contributed by atoms with Crippen molar-refractivity contribution in [3.05, 3.63) is 99.5 Å². The molecule has 3 aromatic carbocycles. The van der Waals surface area contributed by atoms with Crippen LogP contribution in [0.2, 0.25) is 10.0 Å². The molecule has 1 aliphatic rings. The van der Waals surface area contributed by atoms with Crippen molar-refractivity contribution in [2.75, 3.05) is 5.32 Å². The fourth-order valence-electron chi connectivity index (χ4n) is 3.18. The molecule has 0 radical (unpaired) electrons. The van der Waals surface area contributed by atoms with Crippen LogP contribution in [-0.4, -0.2) is 17.6 Å². The summed E-state index contributed by atoms with van der Waals surface area (Å²) in [7, 11) is 0. The maximum Gasteiger partial charge on any atom is 0.326 e. The van der Waals surface area contributed by atoms with E-state index in [2.05, 4.69) is 15.8 Å². The Balaban J connectivity index is 1.30. The van der Waals surface area contributed by atoms with Crippen LogP contribution in [0.5, 0.6) is 0 Å². The van der Waals surface area contributed by atoms with E-state index in [0.29, 0.717) is 23.2 Å². The number of hydrogen-bond acceptors (Lipinski definition) is 4. The Morgan fingerprint density at radius 3 is 2.30 bits per heavy atom. The number of oxime groups is 1. The minimum absolute atomic E-state index is 0.228. The fourth-order valence-corrected chi connectivity index (χ4v) is 3.53. The van der Waals surface area contributed by atoms with E-state index in [1.54, 1.807) is 36.4 Å². The summed E-state index contributed by atoms with van der Waals surface area (Å²) < 4.78 is 0. The van der Waals surface area contributed by atoms with E-state index < -0.39 is 11.9 Å². The average Bonchev–Trinajstić information content (AvgIpc) is 3.64. The molecule has 168 valence electrons. The summed E-state index contributed by atoms with van der Waals surface area (Å²) in [6, 6.07) is 20.5. The number of urea groups is 1. The number of anilines is 1. The number of hydrogen-bond donors (Lipinski definition) is 2. The summed E-state index contributed by atoms with van der Waals surface area (Å²) in [6.45, 7) is 0.293. The number of nitrogens with one attached hydrogen (secondary N) is 2. The molecule has 1 aliphatic carbocycles. The van der Waals surface area contributed by atoms with Gasteiger partial charge in [-0.15, -0.1) is 0 Å². The second-order valence-corrected chi connectivity index (χ2v) is 8.46. The molecule has 0 unspecified atom stereocenters. The Morgan fingerprint density at radius 2 is 1.64 bits per heavy atom. The molecule has 1 saturated carbocycles. The molecule has 0 spiro atoms. The Kier molecular flexibility index (Phi) is 7.27. The molecule has 6 nitrogen and oxygen atoms in total. The van der Waals surface area contributed by atoms with Crippen molar-refractivity contribution in [2.45, 2.75) is 19.4 Å². The van der Waals surface area contributed by atoms with Crippen LogP contribution in [0.4, 0.5) is 10.5 Å². The molecule has 2 N–H and O–H groups in total. The molecule has 0 heterocycles. The lowest BCUT2D eigenvalue weighted by Crippen LogP contribution is -2.34. The third kappa shape index (κ3) is 6.34. The zero-order valence-electron chi connectivity index (χ0n) is 17.6. The van der Waals surface area contributed by atoms with E-state index in [0.717, 1.165) is 29.7 Å². The van der Waals surface area contributed by atoms with Gasteiger partial charge in [-0.1, -0.05) is 64.8 Å². The molecular formula is C25H21Cl2N3O3. The quantitative estimate of drug-likeness (QED) is 0.307. The molecule has 1 fully saturated rings. The van der Waals surface area contributed by atoms with E-state index in [9.17, 15) is 9.59 Å². The maximum atomic E-state index is 12.2. The van der Waals surface area contributed by atoms with Crippen LogP contribution in [0.15, 0.2) is 78.0 Å². The number of carbonyl (C=O) groups is 2. The third-order valence-electron chi connectivity index (χ3n) is 5.06. The van der Waals surface area contributed by atoms with Gasteiger partial charge in [0.1, 0.15) is 6.61 Å². The first-order valence-corrected chi connectivity index (χ1v) is 11.2. The smallest absolute Gasteiger partial charge is 0.326 e. The number of nitrogens with zero attached hydrogens (tertiary/aromatic N) is 1. The zero-order valence-corrected chi connectivity index (χ0v) is 19.1. The minimum Gasteiger partial charge on any atom is -0.391 e. The van der Waals surface area contributed by atoms with Crippen LogP contribution in [0, 0.1) is 5.92 Å². The van der Waals surface area contributed by atoms with Crippen molar-refractivity contribution in [3.63, 3.8) is 0 Å². The van der Waals surface area contributed by atoms with Crippen molar-refractivity contribution in [1.82, 2.24) is 5.32 Å². The highest BCUT2D eigenvalue weighted by Crippen LogP contribution is 2.33. The van der Waals surface area contributed by atoms with Gasteiger partial charge in [-0.25, -0.2) is 4.79 Å². The van der Waals surface area contributed by atoms with Crippen LogP contribution in [-0.2, 0) is 11.4 Å². The number of amides is 3. The number of halogens is 2. The molecule has 8 heteroatoms. The highest BCUT2D eigenvalue weighted by molar-refractivity contribution is 6.34. The van der Waals surface area contributed by atoms with Gasteiger partial charge in [-0.3, -0.25) is 10.1 Å². The monoisotopic (exact) mass is 481 g/mol. The average molecular weight is 482 g/mol. The van der Waals surface area contributed by atoms with Crippen LogP contribution >= 0.6 is 23.2 Å². The van der Waals surface area contributed by atoms with Gasteiger partial charge in [-0.2, -0.15) is 0 Å². The maximum absolute atomic E-state index is 12.2. The van der Waals surface area contributed by atoms with Crippen LogP contribution in [0.25, 0.3) is 0 Å². The molecule has 0 bridgehead atoms. The first kappa shape index (κ1) is 22.8. The largest absolute Gasteiger partial charge is 0.391 e. The van der Waals surface area contributed by atoms with Crippen LogP contribution in [0.1, 0.15) is 34.3 Å². The number of imide groups is 1. The molecule has 3 amide bonds. The molecule has 0 saturated heterocycles. The van der Waals surface area contributed by atoms with Gasteiger partial charge in [0.2, 0.25) is 0 Å². The highest BCUT2D eigenvalue weighted by atomic mass is 35.5. The molecule has 33 heavy (non-hydrogen) atoms. The van der Waals surface area contributed by atoms with Crippen molar-refractivity contribution in [2.24, 2.45) is 11.1 Å². The summed E-state index contributed by atoms with van der Waals surface area (Å²) in [4.78, 5) is 29.9. The van der Waals surface area contributed by atoms with Crippen LogP contribution < -0.4 is 10.6 Å². The van der Waals surface area contributed by atoms with Gasteiger partial charge in [0, 0.05) is 16.6 Å². The van der Waals surface area contributed by atoms with Gasteiger partial charge in [0.25, 0.3) is 5.91 Å². The Labute approximate surface area is 201 Å². The molecule has 0 aliphatic heterocycles. The lowest BCUT2D eigenvalue weighted by Gasteiger charge is -2.09. The number of rotatable bonds is 7. The predicted molar refractivity (Wildman–Crippen MR) is 130 cm³/mol. The van der Waals surface area contributed by atoms with E-state index in [4.69, 9.17) is 28.0 Å².